The summed E-state index contributed by atoms with van der Waals surface area (Å²) in [6.07, 6.45) is 8.35. The average Bonchev–Trinajstić information content (AvgIpc) is 2.49. The molecule has 1 heterocycles. The summed E-state index contributed by atoms with van der Waals surface area (Å²) in [5, 5.41) is 3.76. The van der Waals surface area contributed by atoms with Crippen molar-refractivity contribution in [3.8, 4) is 0 Å². The molecule has 2 rings (SSSR count). The summed E-state index contributed by atoms with van der Waals surface area (Å²) in [6, 6.07) is 1.57. The molecule has 3 atom stereocenters. The van der Waals surface area contributed by atoms with Crippen LogP contribution >= 0.6 is 0 Å². The highest BCUT2D eigenvalue weighted by Crippen LogP contribution is 2.32. The van der Waals surface area contributed by atoms with Gasteiger partial charge in [0.15, 0.2) is 0 Å². The van der Waals surface area contributed by atoms with E-state index in [-0.39, 0.29) is 0 Å². The third-order valence-electron chi connectivity index (χ3n) is 5.91. The summed E-state index contributed by atoms with van der Waals surface area (Å²) < 4.78 is 0. The fourth-order valence-corrected chi connectivity index (χ4v) is 4.41. The van der Waals surface area contributed by atoms with E-state index in [4.69, 9.17) is 0 Å². The van der Waals surface area contributed by atoms with Gasteiger partial charge in [0.1, 0.15) is 0 Å². The van der Waals surface area contributed by atoms with Gasteiger partial charge in [0, 0.05) is 18.6 Å². The van der Waals surface area contributed by atoms with Crippen molar-refractivity contribution in [1.29, 1.82) is 0 Å². The summed E-state index contributed by atoms with van der Waals surface area (Å²) in [5.74, 6) is 1.85. The molecule has 0 bridgehead atoms. The first-order valence-corrected chi connectivity index (χ1v) is 9.26. The quantitative estimate of drug-likeness (QED) is 0.813. The van der Waals surface area contributed by atoms with Gasteiger partial charge >= 0.3 is 0 Å². The topological polar surface area (TPSA) is 18.5 Å². The summed E-state index contributed by atoms with van der Waals surface area (Å²) in [6.45, 7) is 9.68. The Hall–Kier alpha value is -0.120. The molecule has 1 saturated heterocycles. The van der Waals surface area contributed by atoms with E-state index in [1.54, 1.807) is 0 Å². The SMILES string of the molecule is CCNC1CCC(CC)CC1CN1CCC(N(C)C)CC1. The van der Waals surface area contributed by atoms with Crippen LogP contribution in [0.5, 0.6) is 0 Å². The van der Waals surface area contributed by atoms with Crippen LogP contribution < -0.4 is 5.32 Å². The maximum Gasteiger partial charge on any atom is 0.0113 e. The van der Waals surface area contributed by atoms with Crippen LogP contribution in [-0.4, -0.2) is 62.2 Å². The monoisotopic (exact) mass is 295 g/mol. The number of hydrogen-bond donors (Lipinski definition) is 1. The molecule has 0 amide bonds. The fourth-order valence-electron chi connectivity index (χ4n) is 4.41. The number of nitrogens with one attached hydrogen (secondary N) is 1. The molecule has 2 fully saturated rings. The van der Waals surface area contributed by atoms with Crippen molar-refractivity contribution in [1.82, 2.24) is 15.1 Å². The maximum absolute atomic E-state index is 3.76. The van der Waals surface area contributed by atoms with Crippen molar-refractivity contribution in [3.05, 3.63) is 0 Å². The normalized spacial score (nSPS) is 32.7. The minimum absolute atomic E-state index is 0.768. The minimum Gasteiger partial charge on any atom is -0.314 e. The molecule has 0 aromatic rings. The predicted octanol–water partition coefficient (Wildman–Crippen LogP) is 2.82. The largest absolute Gasteiger partial charge is 0.314 e. The van der Waals surface area contributed by atoms with Crippen LogP contribution in [0.3, 0.4) is 0 Å². The average molecular weight is 296 g/mol. The third kappa shape index (κ3) is 4.94. The lowest BCUT2D eigenvalue weighted by atomic mass is 9.76. The van der Waals surface area contributed by atoms with Crippen molar-refractivity contribution < 1.29 is 0 Å². The van der Waals surface area contributed by atoms with Crippen LogP contribution in [0.1, 0.15) is 52.4 Å². The highest BCUT2D eigenvalue weighted by molar-refractivity contribution is 4.87. The molecule has 0 aromatic carbocycles. The number of piperidine rings is 1. The molecular formula is C18H37N3. The number of rotatable bonds is 6. The molecular weight excluding hydrogens is 258 g/mol. The van der Waals surface area contributed by atoms with Gasteiger partial charge in [-0.3, -0.25) is 0 Å². The van der Waals surface area contributed by atoms with Crippen molar-refractivity contribution in [3.63, 3.8) is 0 Å². The Balaban J connectivity index is 1.83. The van der Waals surface area contributed by atoms with Gasteiger partial charge in [-0.15, -0.1) is 0 Å². The van der Waals surface area contributed by atoms with E-state index < -0.39 is 0 Å². The first-order valence-electron chi connectivity index (χ1n) is 9.26. The Kier molecular flexibility index (Phi) is 6.97. The van der Waals surface area contributed by atoms with E-state index in [1.165, 1.54) is 58.2 Å². The second-order valence-corrected chi connectivity index (χ2v) is 7.51. The van der Waals surface area contributed by atoms with E-state index in [9.17, 15) is 0 Å². The van der Waals surface area contributed by atoms with Gasteiger partial charge in [0.25, 0.3) is 0 Å². The van der Waals surface area contributed by atoms with Crippen LogP contribution in [0, 0.1) is 11.8 Å². The lowest BCUT2D eigenvalue weighted by Crippen LogP contribution is -2.49. The second-order valence-electron chi connectivity index (χ2n) is 7.51. The van der Waals surface area contributed by atoms with E-state index in [0.29, 0.717) is 0 Å². The molecule has 2 aliphatic rings. The Labute approximate surface area is 132 Å². The lowest BCUT2D eigenvalue weighted by molar-refractivity contribution is 0.0971. The summed E-state index contributed by atoms with van der Waals surface area (Å²) in [4.78, 5) is 5.15. The van der Waals surface area contributed by atoms with Crippen LogP contribution in [0.15, 0.2) is 0 Å². The number of nitrogens with zero attached hydrogens (tertiary/aromatic N) is 2. The van der Waals surface area contributed by atoms with Gasteiger partial charge in [0.05, 0.1) is 0 Å². The molecule has 0 radical (unpaired) electrons. The zero-order valence-electron chi connectivity index (χ0n) is 14.8. The first kappa shape index (κ1) is 17.2. The molecule has 3 unspecified atom stereocenters. The van der Waals surface area contributed by atoms with Crippen LogP contribution in [-0.2, 0) is 0 Å². The van der Waals surface area contributed by atoms with Gasteiger partial charge in [0.2, 0.25) is 0 Å². The molecule has 21 heavy (non-hydrogen) atoms. The van der Waals surface area contributed by atoms with Crippen molar-refractivity contribution >= 4 is 0 Å². The number of likely N-dealkylation sites (tertiary alicyclic amines) is 1. The second kappa shape index (κ2) is 8.50. The molecule has 124 valence electrons. The summed E-state index contributed by atoms with van der Waals surface area (Å²) >= 11 is 0. The third-order valence-corrected chi connectivity index (χ3v) is 5.91. The standard InChI is InChI=1S/C18H37N3/c1-5-15-7-8-18(19-6-2)16(13-15)14-21-11-9-17(10-12-21)20(3)4/h15-19H,5-14H2,1-4H3. The van der Waals surface area contributed by atoms with Gasteiger partial charge in [-0.2, -0.15) is 0 Å². The molecule has 1 N–H and O–H groups in total. The smallest absolute Gasteiger partial charge is 0.0113 e. The summed E-state index contributed by atoms with van der Waals surface area (Å²) in [5.41, 5.74) is 0. The van der Waals surface area contributed by atoms with Crippen molar-refractivity contribution in [2.75, 3.05) is 40.3 Å². The molecule has 1 aliphatic carbocycles. The zero-order chi connectivity index (χ0) is 15.2. The molecule has 0 spiro atoms. The van der Waals surface area contributed by atoms with Crippen LogP contribution in [0.2, 0.25) is 0 Å². The summed E-state index contributed by atoms with van der Waals surface area (Å²) in [7, 11) is 4.46. The Morgan fingerprint density at radius 3 is 2.33 bits per heavy atom. The maximum atomic E-state index is 3.76. The highest BCUT2D eigenvalue weighted by Gasteiger charge is 2.31. The predicted molar refractivity (Wildman–Crippen MR) is 91.7 cm³/mol. The minimum atomic E-state index is 0.768. The van der Waals surface area contributed by atoms with Gasteiger partial charge in [-0.05, 0) is 77.7 Å². The Bertz CT molecular complexity index is 284. The van der Waals surface area contributed by atoms with E-state index in [2.05, 4.69) is 43.1 Å². The Morgan fingerprint density at radius 2 is 1.76 bits per heavy atom. The molecule has 1 saturated carbocycles. The molecule has 1 aliphatic heterocycles. The number of hydrogen-bond acceptors (Lipinski definition) is 3. The van der Waals surface area contributed by atoms with Crippen molar-refractivity contribution in [2.24, 2.45) is 11.8 Å². The van der Waals surface area contributed by atoms with Gasteiger partial charge in [-0.25, -0.2) is 0 Å². The van der Waals surface area contributed by atoms with Crippen LogP contribution in [0.4, 0.5) is 0 Å². The zero-order valence-corrected chi connectivity index (χ0v) is 14.8. The van der Waals surface area contributed by atoms with E-state index in [1.807, 2.05) is 0 Å². The Morgan fingerprint density at radius 1 is 1.05 bits per heavy atom. The highest BCUT2D eigenvalue weighted by atomic mass is 15.2. The fraction of sp³-hybridized carbons (Fsp3) is 1.00. The molecule has 0 aromatic heterocycles. The van der Waals surface area contributed by atoms with Gasteiger partial charge < -0.3 is 15.1 Å². The van der Waals surface area contributed by atoms with E-state index >= 15 is 0 Å². The molecule has 3 nitrogen and oxygen atoms in total. The van der Waals surface area contributed by atoms with Crippen LogP contribution in [0.25, 0.3) is 0 Å². The van der Waals surface area contributed by atoms with E-state index in [0.717, 1.165) is 30.5 Å². The molecule has 3 heteroatoms. The lowest BCUT2D eigenvalue weighted by Gasteiger charge is -2.42. The van der Waals surface area contributed by atoms with Crippen molar-refractivity contribution in [2.45, 2.75) is 64.5 Å². The first-order chi connectivity index (χ1) is 10.1. The van der Waals surface area contributed by atoms with Gasteiger partial charge in [-0.1, -0.05) is 20.3 Å².